The molecule has 0 aromatic carbocycles. The third-order valence-electron chi connectivity index (χ3n) is 4.56. The standard InChI is InChI=1S/C15H21N3O/c1-2-14-13-9-17-8-12(13)10-18(14)15(19)7-11-3-5-16-6-4-11/h3-6,12-14,17H,2,7-10H2,1H3. The number of carbonyl (C=O) groups excluding carboxylic acids is 1. The lowest BCUT2D eigenvalue weighted by Gasteiger charge is -2.27. The number of hydrogen-bond donors (Lipinski definition) is 1. The van der Waals surface area contributed by atoms with E-state index in [9.17, 15) is 4.79 Å². The maximum atomic E-state index is 12.5. The van der Waals surface area contributed by atoms with Gasteiger partial charge in [0.2, 0.25) is 5.91 Å². The average molecular weight is 259 g/mol. The summed E-state index contributed by atoms with van der Waals surface area (Å²) in [5.74, 6) is 1.59. The van der Waals surface area contributed by atoms with Crippen molar-refractivity contribution >= 4 is 5.91 Å². The molecule has 0 aliphatic carbocycles. The van der Waals surface area contributed by atoms with Crippen molar-refractivity contribution in [3.8, 4) is 0 Å². The van der Waals surface area contributed by atoms with Crippen molar-refractivity contribution in [1.29, 1.82) is 0 Å². The first kappa shape index (κ1) is 12.6. The van der Waals surface area contributed by atoms with Crippen LogP contribution in [0.25, 0.3) is 0 Å². The average Bonchev–Trinajstić information content (AvgIpc) is 2.99. The molecule has 0 radical (unpaired) electrons. The van der Waals surface area contributed by atoms with E-state index in [2.05, 4.69) is 22.1 Å². The number of fused-ring (bicyclic) bond motifs is 1. The minimum absolute atomic E-state index is 0.271. The molecule has 0 saturated carbocycles. The van der Waals surface area contributed by atoms with Crippen LogP contribution in [0.1, 0.15) is 18.9 Å². The largest absolute Gasteiger partial charge is 0.339 e. The van der Waals surface area contributed by atoms with Crippen LogP contribution >= 0.6 is 0 Å². The van der Waals surface area contributed by atoms with Gasteiger partial charge in [-0.25, -0.2) is 0 Å². The zero-order chi connectivity index (χ0) is 13.2. The highest BCUT2D eigenvalue weighted by Crippen LogP contribution is 2.34. The Morgan fingerprint density at radius 1 is 1.42 bits per heavy atom. The van der Waals surface area contributed by atoms with Crippen molar-refractivity contribution in [2.45, 2.75) is 25.8 Å². The molecule has 102 valence electrons. The zero-order valence-electron chi connectivity index (χ0n) is 11.4. The summed E-state index contributed by atoms with van der Waals surface area (Å²) < 4.78 is 0. The fourth-order valence-corrected chi connectivity index (χ4v) is 3.61. The first-order valence-corrected chi connectivity index (χ1v) is 7.18. The molecule has 3 heterocycles. The quantitative estimate of drug-likeness (QED) is 0.883. The molecule has 3 unspecified atom stereocenters. The summed E-state index contributed by atoms with van der Waals surface area (Å²) in [6, 6.07) is 4.28. The highest BCUT2D eigenvalue weighted by Gasteiger charge is 2.44. The molecule has 2 saturated heterocycles. The molecular formula is C15H21N3O. The molecule has 1 aromatic heterocycles. The SMILES string of the molecule is CCC1C2CNCC2CN1C(=O)Cc1ccncc1. The molecule has 0 spiro atoms. The molecule has 1 N–H and O–H groups in total. The lowest BCUT2D eigenvalue weighted by atomic mass is 9.93. The van der Waals surface area contributed by atoms with Crippen molar-refractivity contribution in [3.05, 3.63) is 30.1 Å². The summed E-state index contributed by atoms with van der Waals surface area (Å²) in [6.07, 6.45) is 5.07. The van der Waals surface area contributed by atoms with Gasteiger partial charge >= 0.3 is 0 Å². The molecule has 2 fully saturated rings. The van der Waals surface area contributed by atoms with E-state index in [1.165, 1.54) is 0 Å². The minimum Gasteiger partial charge on any atom is -0.339 e. The molecule has 3 atom stereocenters. The van der Waals surface area contributed by atoms with Crippen LogP contribution in [-0.2, 0) is 11.2 Å². The molecule has 19 heavy (non-hydrogen) atoms. The zero-order valence-corrected chi connectivity index (χ0v) is 11.4. The highest BCUT2D eigenvalue weighted by molar-refractivity contribution is 5.79. The van der Waals surface area contributed by atoms with E-state index in [1.807, 2.05) is 12.1 Å². The maximum absolute atomic E-state index is 12.5. The fraction of sp³-hybridized carbons (Fsp3) is 0.600. The summed E-state index contributed by atoms with van der Waals surface area (Å²) in [7, 11) is 0. The molecule has 4 nitrogen and oxygen atoms in total. The number of nitrogens with zero attached hydrogens (tertiary/aromatic N) is 2. The normalized spacial score (nSPS) is 29.5. The Balaban J connectivity index is 1.70. The van der Waals surface area contributed by atoms with Gasteiger partial charge in [0.1, 0.15) is 0 Å². The summed E-state index contributed by atoms with van der Waals surface area (Å²) in [5.41, 5.74) is 1.06. The fourth-order valence-electron chi connectivity index (χ4n) is 3.61. The third kappa shape index (κ3) is 2.37. The Morgan fingerprint density at radius 3 is 2.95 bits per heavy atom. The second-order valence-electron chi connectivity index (χ2n) is 5.64. The van der Waals surface area contributed by atoms with E-state index >= 15 is 0 Å². The summed E-state index contributed by atoms with van der Waals surface area (Å²) >= 11 is 0. The second-order valence-corrected chi connectivity index (χ2v) is 5.64. The Bertz CT molecular complexity index is 448. The highest BCUT2D eigenvalue weighted by atomic mass is 16.2. The number of hydrogen-bond acceptors (Lipinski definition) is 3. The van der Waals surface area contributed by atoms with Crippen LogP contribution < -0.4 is 5.32 Å². The van der Waals surface area contributed by atoms with Gasteiger partial charge in [0.25, 0.3) is 0 Å². The van der Waals surface area contributed by atoms with Crippen LogP contribution in [0.15, 0.2) is 24.5 Å². The molecule has 1 amide bonds. The second kappa shape index (κ2) is 5.29. The topological polar surface area (TPSA) is 45.2 Å². The van der Waals surface area contributed by atoms with Crippen LogP contribution in [0.4, 0.5) is 0 Å². The van der Waals surface area contributed by atoms with E-state index in [1.54, 1.807) is 12.4 Å². The van der Waals surface area contributed by atoms with Crippen molar-refractivity contribution in [2.24, 2.45) is 11.8 Å². The van der Waals surface area contributed by atoms with Gasteiger partial charge in [-0.15, -0.1) is 0 Å². The number of aromatic nitrogens is 1. The van der Waals surface area contributed by atoms with Gasteiger partial charge in [-0.2, -0.15) is 0 Å². The van der Waals surface area contributed by atoms with Gasteiger partial charge in [-0.3, -0.25) is 9.78 Å². The van der Waals surface area contributed by atoms with Crippen molar-refractivity contribution in [3.63, 3.8) is 0 Å². The monoisotopic (exact) mass is 259 g/mol. The van der Waals surface area contributed by atoms with E-state index in [-0.39, 0.29) is 5.91 Å². The summed E-state index contributed by atoms with van der Waals surface area (Å²) in [5, 5.41) is 3.45. The number of pyridine rings is 1. The number of carbonyl (C=O) groups is 1. The summed E-state index contributed by atoms with van der Waals surface area (Å²) in [4.78, 5) is 18.6. The van der Waals surface area contributed by atoms with Crippen LogP contribution in [0, 0.1) is 11.8 Å². The molecular weight excluding hydrogens is 238 g/mol. The first-order valence-electron chi connectivity index (χ1n) is 7.18. The van der Waals surface area contributed by atoms with Crippen LogP contribution in [0.3, 0.4) is 0 Å². The van der Waals surface area contributed by atoms with Gasteiger partial charge in [-0.1, -0.05) is 6.92 Å². The van der Waals surface area contributed by atoms with Gasteiger partial charge in [-0.05, 0) is 36.0 Å². The van der Waals surface area contributed by atoms with Crippen molar-refractivity contribution in [2.75, 3.05) is 19.6 Å². The Kier molecular flexibility index (Phi) is 3.51. The summed E-state index contributed by atoms with van der Waals surface area (Å²) in [6.45, 7) is 5.26. The van der Waals surface area contributed by atoms with Crippen LogP contribution in [0.5, 0.6) is 0 Å². The predicted octanol–water partition coefficient (Wildman–Crippen LogP) is 1.08. The van der Waals surface area contributed by atoms with Gasteiger partial charge in [0, 0.05) is 38.1 Å². The lowest BCUT2D eigenvalue weighted by Crippen LogP contribution is -2.40. The van der Waals surface area contributed by atoms with E-state index < -0.39 is 0 Å². The first-order chi connectivity index (χ1) is 9.29. The van der Waals surface area contributed by atoms with Gasteiger partial charge in [0.05, 0.1) is 6.42 Å². The van der Waals surface area contributed by atoms with Gasteiger partial charge in [0.15, 0.2) is 0 Å². The van der Waals surface area contributed by atoms with E-state index in [0.29, 0.717) is 24.3 Å². The Labute approximate surface area is 114 Å². The smallest absolute Gasteiger partial charge is 0.227 e. The van der Waals surface area contributed by atoms with E-state index in [4.69, 9.17) is 0 Å². The molecule has 2 aliphatic heterocycles. The molecule has 2 aliphatic rings. The van der Waals surface area contributed by atoms with Crippen molar-refractivity contribution in [1.82, 2.24) is 15.2 Å². The van der Waals surface area contributed by atoms with E-state index in [0.717, 1.165) is 31.6 Å². The molecule has 3 rings (SSSR count). The van der Waals surface area contributed by atoms with Crippen molar-refractivity contribution < 1.29 is 4.79 Å². The molecule has 0 bridgehead atoms. The van der Waals surface area contributed by atoms with Crippen LogP contribution in [0.2, 0.25) is 0 Å². The molecule has 4 heteroatoms. The Morgan fingerprint density at radius 2 is 2.21 bits per heavy atom. The van der Waals surface area contributed by atoms with Gasteiger partial charge < -0.3 is 10.2 Å². The molecule has 1 aromatic rings. The Hall–Kier alpha value is -1.42. The third-order valence-corrected chi connectivity index (χ3v) is 4.56. The minimum atomic E-state index is 0.271. The number of amides is 1. The number of nitrogens with one attached hydrogen (secondary N) is 1. The maximum Gasteiger partial charge on any atom is 0.227 e. The lowest BCUT2D eigenvalue weighted by molar-refractivity contribution is -0.131. The predicted molar refractivity (Wildman–Crippen MR) is 73.6 cm³/mol. The van der Waals surface area contributed by atoms with Crippen LogP contribution in [-0.4, -0.2) is 41.5 Å². The number of likely N-dealkylation sites (tertiary alicyclic amines) is 1. The number of rotatable bonds is 3.